The number of hydrogen-bond acceptors (Lipinski definition) is 5. The van der Waals surface area contributed by atoms with Gasteiger partial charge in [-0.15, -0.1) is 11.8 Å². The summed E-state index contributed by atoms with van der Waals surface area (Å²) in [5.41, 5.74) is 1.58. The summed E-state index contributed by atoms with van der Waals surface area (Å²) in [4.78, 5) is 22.3. The van der Waals surface area contributed by atoms with Gasteiger partial charge in [0.05, 0.1) is 38.0 Å². The number of ether oxygens (including phenoxy) is 1. The molecule has 0 atom stereocenters. The Bertz CT molecular complexity index is 956. The van der Waals surface area contributed by atoms with Crippen LogP contribution in [0.15, 0.2) is 47.4 Å². The fourth-order valence-corrected chi connectivity index (χ4v) is 4.40. The molecule has 148 valence electrons. The van der Waals surface area contributed by atoms with Crippen molar-refractivity contribution in [1.29, 1.82) is 0 Å². The molecule has 0 bridgehead atoms. The molecule has 0 saturated carbocycles. The molecule has 28 heavy (non-hydrogen) atoms. The molecule has 3 aromatic rings. The lowest BCUT2D eigenvalue weighted by Crippen LogP contribution is -3.05. The summed E-state index contributed by atoms with van der Waals surface area (Å²) in [7, 11) is 5.90. The number of thioether (sulfide) groups is 1. The number of quaternary nitrogens is 1. The lowest BCUT2D eigenvalue weighted by molar-refractivity contribution is -0.858. The number of carbonyl (C=O) groups excluding carboxylic acids is 1. The van der Waals surface area contributed by atoms with Crippen molar-refractivity contribution >= 4 is 44.4 Å². The number of carbonyl (C=O) groups is 1. The minimum Gasteiger partial charge on any atom is -0.497 e. The van der Waals surface area contributed by atoms with E-state index >= 15 is 0 Å². The van der Waals surface area contributed by atoms with E-state index in [0.717, 1.165) is 39.0 Å². The third-order valence-corrected chi connectivity index (χ3v) is 6.20. The Morgan fingerprint density at radius 3 is 2.79 bits per heavy atom. The van der Waals surface area contributed by atoms with Crippen LogP contribution in [0.25, 0.3) is 10.2 Å². The minimum atomic E-state index is -0.00400. The van der Waals surface area contributed by atoms with Crippen molar-refractivity contribution in [3.8, 4) is 5.75 Å². The first kappa shape index (κ1) is 20.6. The van der Waals surface area contributed by atoms with Crippen LogP contribution in [0.1, 0.15) is 16.8 Å². The largest absolute Gasteiger partial charge is 0.497 e. The molecule has 0 saturated heterocycles. The standard InChI is InChI=1S/C21H25N3O2S2/c1-23(2)11-6-12-24(20(25)15-7-5-8-17(13-15)27-4)21-22-18-10-9-16(26-3)14-19(18)28-21/h5,7-10,13-14H,6,11-12H2,1-4H3/p+1. The van der Waals surface area contributed by atoms with Crippen molar-refractivity contribution in [2.75, 3.05) is 45.5 Å². The van der Waals surface area contributed by atoms with Gasteiger partial charge in [-0.05, 0) is 42.7 Å². The zero-order chi connectivity index (χ0) is 20.1. The highest BCUT2D eigenvalue weighted by atomic mass is 32.2. The average molecular weight is 417 g/mol. The van der Waals surface area contributed by atoms with Crippen LogP contribution in [0.5, 0.6) is 5.75 Å². The van der Waals surface area contributed by atoms with Gasteiger partial charge in [-0.1, -0.05) is 17.4 Å². The Labute approximate surface area is 174 Å². The van der Waals surface area contributed by atoms with E-state index in [1.165, 1.54) is 16.2 Å². The number of nitrogens with one attached hydrogen (secondary N) is 1. The zero-order valence-corrected chi connectivity index (χ0v) is 18.3. The number of anilines is 1. The van der Waals surface area contributed by atoms with Crippen LogP contribution < -0.4 is 14.5 Å². The van der Waals surface area contributed by atoms with Crippen LogP contribution in [-0.2, 0) is 0 Å². The summed E-state index contributed by atoms with van der Waals surface area (Å²) in [6.07, 6.45) is 2.93. The molecule has 0 unspecified atom stereocenters. The number of amides is 1. The lowest BCUT2D eigenvalue weighted by Gasteiger charge is -2.20. The summed E-state index contributed by atoms with van der Waals surface area (Å²) in [6, 6.07) is 13.6. The molecule has 0 aliphatic rings. The number of methoxy groups -OCH3 is 1. The van der Waals surface area contributed by atoms with Crippen LogP contribution in [0, 0.1) is 0 Å². The van der Waals surface area contributed by atoms with Gasteiger partial charge in [0.1, 0.15) is 5.75 Å². The minimum absolute atomic E-state index is 0.00400. The fraction of sp³-hybridized carbons (Fsp3) is 0.333. The lowest BCUT2D eigenvalue weighted by atomic mass is 10.2. The Morgan fingerprint density at radius 2 is 2.07 bits per heavy atom. The molecule has 0 aliphatic heterocycles. The van der Waals surface area contributed by atoms with Crippen LogP contribution >= 0.6 is 23.1 Å². The van der Waals surface area contributed by atoms with E-state index in [2.05, 4.69) is 14.1 Å². The molecule has 1 heterocycles. The van der Waals surface area contributed by atoms with E-state index in [4.69, 9.17) is 9.72 Å². The van der Waals surface area contributed by atoms with Crippen LogP contribution in [-0.4, -0.2) is 51.4 Å². The summed E-state index contributed by atoms with van der Waals surface area (Å²) < 4.78 is 6.34. The van der Waals surface area contributed by atoms with Crippen molar-refractivity contribution < 1.29 is 14.4 Å². The molecular formula is C21H26N3O2S2+. The number of hydrogen-bond donors (Lipinski definition) is 1. The summed E-state index contributed by atoms with van der Waals surface area (Å²) >= 11 is 3.17. The van der Waals surface area contributed by atoms with Gasteiger partial charge in [0.15, 0.2) is 5.13 Å². The summed E-state index contributed by atoms with van der Waals surface area (Å²) in [5.74, 6) is 0.792. The van der Waals surface area contributed by atoms with Crippen LogP contribution in [0.3, 0.4) is 0 Å². The molecule has 5 nitrogen and oxygen atoms in total. The highest BCUT2D eigenvalue weighted by Crippen LogP contribution is 2.32. The highest BCUT2D eigenvalue weighted by molar-refractivity contribution is 7.98. The monoisotopic (exact) mass is 416 g/mol. The van der Waals surface area contributed by atoms with Gasteiger partial charge in [0.25, 0.3) is 5.91 Å². The topological polar surface area (TPSA) is 46.9 Å². The van der Waals surface area contributed by atoms with Gasteiger partial charge >= 0.3 is 0 Å². The van der Waals surface area contributed by atoms with E-state index in [0.29, 0.717) is 12.1 Å². The molecule has 2 aromatic carbocycles. The SMILES string of the molecule is COc1ccc2nc(N(CCC[NH+](C)C)C(=O)c3cccc(SC)c3)sc2c1. The summed E-state index contributed by atoms with van der Waals surface area (Å²) in [5, 5.41) is 0.733. The second-order valence-electron chi connectivity index (χ2n) is 6.83. The Kier molecular flexibility index (Phi) is 6.93. The fourth-order valence-electron chi connectivity index (χ4n) is 2.92. The van der Waals surface area contributed by atoms with Gasteiger partial charge in [-0.3, -0.25) is 9.69 Å². The van der Waals surface area contributed by atoms with E-state index in [-0.39, 0.29) is 5.91 Å². The molecule has 0 radical (unpaired) electrons. The second-order valence-corrected chi connectivity index (χ2v) is 8.72. The molecule has 3 rings (SSSR count). The van der Waals surface area contributed by atoms with Crippen molar-refractivity contribution in [2.45, 2.75) is 11.3 Å². The first-order valence-corrected chi connectivity index (χ1v) is 11.3. The van der Waals surface area contributed by atoms with Gasteiger partial charge in [-0.2, -0.15) is 0 Å². The smallest absolute Gasteiger partial charge is 0.260 e. The van der Waals surface area contributed by atoms with Crippen LogP contribution in [0.4, 0.5) is 5.13 Å². The van der Waals surface area contributed by atoms with E-state index < -0.39 is 0 Å². The van der Waals surface area contributed by atoms with E-state index in [1.807, 2.05) is 53.6 Å². The van der Waals surface area contributed by atoms with E-state index in [9.17, 15) is 4.79 Å². The number of nitrogens with zero attached hydrogens (tertiary/aromatic N) is 2. The predicted molar refractivity (Wildman–Crippen MR) is 118 cm³/mol. The molecule has 1 aromatic heterocycles. The van der Waals surface area contributed by atoms with Gasteiger partial charge in [-0.25, -0.2) is 4.98 Å². The first-order chi connectivity index (χ1) is 13.5. The Hall–Kier alpha value is -2.09. The van der Waals surface area contributed by atoms with Crippen molar-refractivity contribution in [3.05, 3.63) is 48.0 Å². The van der Waals surface area contributed by atoms with Gasteiger partial charge < -0.3 is 9.64 Å². The second kappa shape index (κ2) is 9.41. The predicted octanol–water partition coefficient (Wildman–Crippen LogP) is 3.21. The molecule has 7 heteroatoms. The molecule has 0 spiro atoms. The number of rotatable bonds is 8. The first-order valence-electron chi connectivity index (χ1n) is 9.21. The highest BCUT2D eigenvalue weighted by Gasteiger charge is 2.22. The maximum atomic E-state index is 13.3. The maximum Gasteiger partial charge on any atom is 0.260 e. The number of thiazole rings is 1. The Morgan fingerprint density at radius 1 is 1.25 bits per heavy atom. The quantitative estimate of drug-likeness (QED) is 0.573. The Balaban J connectivity index is 1.94. The molecule has 1 N–H and O–H groups in total. The van der Waals surface area contributed by atoms with Crippen molar-refractivity contribution in [1.82, 2.24) is 4.98 Å². The maximum absolute atomic E-state index is 13.3. The molecular weight excluding hydrogens is 390 g/mol. The zero-order valence-electron chi connectivity index (χ0n) is 16.7. The van der Waals surface area contributed by atoms with Crippen molar-refractivity contribution in [2.24, 2.45) is 0 Å². The third kappa shape index (κ3) is 4.84. The third-order valence-electron chi connectivity index (χ3n) is 4.44. The van der Waals surface area contributed by atoms with Gasteiger partial charge in [0, 0.05) is 23.4 Å². The number of fused-ring (bicyclic) bond motifs is 1. The number of aromatic nitrogens is 1. The summed E-state index contributed by atoms with van der Waals surface area (Å²) in [6.45, 7) is 1.64. The average Bonchev–Trinajstić information content (AvgIpc) is 3.13. The molecule has 1 amide bonds. The molecule has 0 aliphatic carbocycles. The molecule has 0 fully saturated rings. The van der Waals surface area contributed by atoms with E-state index in [1.54, 1.807) is 18.9 Å². The van der Waals surface area contributed by atoms with Gasteiger partial charge in [0.2, 0.25) is 0 Å². The number of benzene rings is 2. The normalized spacial score (nSPS) is 11.2. The van der Waals surface area contributed by atoms with Crippen LogP contribution in [0.2, 0.25) is 0 Å². The van der Waals surface area contributed by atoms with Crippen molar-refractivity contribution in [3.63, 3.8) is 0 Å².